The molecule has 0 heterocycles. The summed E-state index contributed by atoms with van der Waals surface area (Å²) in [6, 6.07) is 11.6. The van der Waals surface area contributed by atoms with Crippen molar-refractivity contribution in [2.75, 3.05) is 10.6 Å². The number of amides is 2. The van der Waals surface area contributed by atoms with Gasteiger partial charge in [0.2, 0.25) is 0 Å². The van der Waals surface area contributed by atoms with E-state index in [1.165, 1.54) is 6.92 Å². The molecule has 0 saturated carbocycles. The number of carbonyl (C=O) groups is 2. The molecule has 2 aromatic carbocycles. The van der Waals surface area contributed by atoms with Crippen LogP contribution in [0.3, 0.4) is 0 Å². The number of anilines is 2. The van der Waals surface area contributed by atoms with Crippen LogP contribution in [-0.4, -0.2) is 11.8 Å². The smallest absolute Gasteiger partial charge is 0.308 e. The number of benzene rings is 2. The zero-order chi connectivity index (χ0) is 15.4. The molecule has 0 radical (unpaired) electrons. The monoisotopic (exact) mass is 302 g/mol. The van der Waals surface area contributed by atoms with Crippen molar-refractivity contribution < 1.29 is 9.59 Å². The maximum absolute atomic E-state index is 11.9. The number of urea groups is 1. The fourth-order valence-electron chi connectivity index (χ4n) is 1.75. The Bertz CT molecular complexity index is 681. The summed E-state index contributed by atoms with van der Waals surface area (Å²) >= 11 is 6.00. The number of rotatable bonds is 3. The first-order valence-electron chi connectivity index (χ1n) is 6.41. The van der Waals surface area contributed by atoms with Gasteiger partial charge in [0.1, 0.15) is 0 Å². The van der Waals surface area contributed by atoms with E-state index in [9.17, 15) is 9.59 Å². The van der Waals surface area contributed by atoms with Crippen LogP contribution in [0.2, 0.25) is 5.02 Å². The van der Waals surface area contributed by atoms with Gasteiger partial charge in [0.05, 0.1) is 0 Å². The number of Topliss-reactive ketones (excluding diaryl/α,β-unsaturated/α-hetero) is 1. The number of ketones is 1. The van der Waals surface area contributed by atoms with Crippen molar-refractivity contribution in [3.63, 3.8) is 0 Å². The minimum Gasteiger partial charge on any atom is -0.308 e. The van der Waals surface area contributed by atoms with Crippen molar-refractivity contribution in [2.24, 2.45) is 0 Å². The normalized spacial score (nSPS) is 10.0. The SMILES string of the molecule is CC(=O)c1ccc(NC(=O)Nc2ccc(C)c(Cl)c2)cc1. The molecule has 0 aliphatic carbocycles. The Kier molecular flexibility index (Phi) is 4.60. The van der Waals surface area contributed by atoms with Gasteiger partial charge in [-0.15, -0.1) is 0 Å². The Morgan fingerprint density at radius 1 is 0.952 bits per heavy atom. The topological polar surface area (TPSA) is 58.2 Å². The molecule has 0 aliphatic rings. The molecule has 2 N–H and O–H groups in total. The number of nitrogens with one attached hydrogen (secondary N) is 2. The first-order valence-corrected chi connectivity index (χ1v) is 6.78. The average Bonchev–Trinajstić information content (AvgIpc) is 2.43. The van der Waals surface area contributed by atoms with Crippen molar-refractivity contribution in [2.45, 2.75) is 13.8 Å². The third-order valence-corrected chi connectivity index (χ3v) is 3.39. The Labute approximate surface area is 128 Å². The quantitative estimate of drug-likeness (QED) is 0.820. The van der Waals surface area contributed by atoms with Gasteiger partial charge in [-0.05, 0) is 55.8 Å². The lowest BCUT2D eigenvalue weighted by atomic mass is 10.1. The Morgan fingerprint density at radius 2 is 1.52 bits per heavy atom. The lowest BCUT2D eigenvalue weighted by Gasteiger charge is -2.09. The molecule has 0 atom stereocenters. The summed E-state index contributed by atoms with van der Waals surface area (Å²) in [6.45, 7) is 3.39. The summed E-state index contributed by atoms with van der Waals surface area (Å²) in [7, 11) is 0. The molecule has 4 nitrogen and oxygen atoms in total. The first-order chi connectivity index (χ1) is 9.95. The summed E-state index contributed by atoms with van der Waals surface area (Å²) in [4.78, 5) is 23.0. The number of hydrogen-bond donors (Lipinski definition) is 2. The van der Waals surface area contributed by atoms with Crippen LogP contribution in [0.25, 0.3) is 0 Å². The highest BCUT2D eigenvalue weighted by Crippen LogP contribution is 2.20. The molecule has 0 unspecified atom stereocenters. The molecule has 0 aromatic heterocycles. The van der Waals surface area contributed by atoms with E-state index in [2.05, 4.69) is 10.6 Å². The maximum atomic E-state index is 11.9. The zero-order valence-electron chi connectivity index (χ0n) is 11.7. The van der Waals surface area contributed by atoms with Crippen molar-refractivity contribution >= 4 is 34.8 Å². The Balaban J connectivity index is 2.01. The van der Waals surface area contributed by atoms with Crippen LogP contribution in [0.1, 0.15) is 22.8 Å². The van der Waals surface area contributed by atoms with Gasteiger partial charge in [-0.1, -0.05) is 17.7 Å². The van der Waals surface area contributed by atoms with Crippen LogP contribution in [0.4, 0.5) is 16.2 Å². The lowest BCUT2D eigenvalue weighted by molar-refractivity contribution is 0.101. The highest BCUT2D eigenvalue weighted by Gasteiger charge is 2.05. The second kappa shape index (κ2) is 6.41. The molecule has 0 fully saturated rings. The molecule has 2 rings (SSSR count). The van der Waals surface area contributed by atoms with E-state index in [0.29, 0.717) is 22.0 Å². The number of hydrogen-bond acceptors (Lipinski definition) is 2. The minimum absolute atomic E-state index is 0.0136. The fraction of sp³-hybridized carbons (Fsp3) is 0.125. The zero-order valence-corrected chi connectivity index (χ0v) is 12.5. The Morgan fingerprint density at radius 3 is 2.10 bits per heavy atom. The van der Waals surface area contributed by atoms with Crippen LogP contribution in [0.15, 0.2) is 42.5 Å². The van der Waals surface area contributed by atoms with Crippen LogP contribution in [0, 0.1) is 6.92 Å². The standard InChI is InChI=1S/C16H15ClN2O2/c1-10-3-6-14(9-15(10)17)19-16(21)18-13-7-4-12(5-8-13)11(2)20/h3-9H,1-2H3,(H2,18,19,21). The summed E-state index contributed by atoms with van der Waals surface area (Å²) in [6.07, 6.45) is 0. The van der Waals surface area contributed by atoms with E-state index in [0.717, 1.165) is 5.56 Å². The van der Waals surface area contributed by atoms with E-state index in [1.54, 1.807) is 36.4 Å². The predicted molar refractivity (Wildman–Crippen MR) is 85.3 cm³/mol. The van der Waals surface area contributed by atoms with Gasteiger partial charge >= 0.3 is 6.03 Å². The summed E-state index contributed by atoms with van der Waals surface area (Å²) in [5.74, 6) is -0.0136. The third-order valence-electron chi connectivity index (χ3n) is 2.98. The molecule has 2 amide bonds. The second-order valence-corrected chi connectivity index (χ2v) is 5.08. The summed E-state index contributed by atoms with van der Waals surface area (Å²) in [5.41, 5.74) is 2.77. The lowest BCUT2D eigenvalue weighted by Crippen LogP contribution is -2.19. The summed E-state index contributed by atoms with van der Waals surface area (Å²) in [5, 5.41) is 5.98. The van der Waals surface area contributed by atoms with Gasteiger partial charge in [-0.2, -0.15) is 0 Å². The molecule has 2 aromatic rings. The van der Waals surface area contributed by atoms with Crippen LogP contribution < -0.4 is 10.6 Å². The van der Waals surface area contributed by atoms with Crippen molar-refractivity contribution in [3.8, 4) is 0 Å². The van der Waals surface area contributed by atoms with Crippen molar-refractivity contribution in [1.82, 2.24) is 0 Å². The predicted octanol–water partition coefficient (Wildman–Crippen LogP) is 4.50. The van der Waals surface area contributed by atoms with Gasteiger partial charge in [-0.25, -0.2) is 4.79 Å². The highest BCUT2D eigenvalue weighted by atomic mass is 35.5. The molecule has 0 saturated heterocycles. The van der Waals surface area contributed by atoms with Crippen LogP contribution >= 0.6 is 11.6 Å². The van der Waals surface area contributed by atoms with E-state index in [1.807, 2.05) is 13.0 Å². The number of aryl methyl sites for hydroxylation is 1. The minimum atomic E-state index is -0.370. The third kappa shape index (κ3) is 4.07. The molecule has 0 aliphatic heterocycles. The van der Waals surface area contributed by atoms with Gasteiger partial charge in [0.25, 0.3) is 0 Å². The molecule has 21 heavy (non-hydrogen) atoms. The second-order valence-electron chi connectivity index (χ2n) is 4.68. The van der Waals surface area contributed by atoms with Crippen LogP contribution in [-0.2, 0) is 0 Å². The van der Waals surface area contributed by atoms with Gasteiger partial charge in [0, 0.05) is 22.0 Å². The van der Waals surface area contributed by atoms with E-state index >= 15 is 0 Å². The van der Waals surface area contributed by atoms with E-state index in [-0.39, 0.29) is 11.8 Å². The maximum Gasteiger partial charge on any atom is 0.323 e. The number of halogens is 1. The molecule has 108 valence electrons. The Hall–Kier alpha value is -2.33. The number of carbonyl (C=O) groups excluding carboxylic acids is 2. The first kappa shape index (κ1) is 15.1. The fourth-order valence-corrected chi connectivity index (χ4v) is 1.93. The molecule has 0 bridgehead atoms. The van der Waals surface area contributed by atoms with Crippen molar-refractivity contribution in [3.05, 3.63) is 58.6 Å². The van der Waals surface area contributed by atoms with E-state index in [4.69, 9.17) is 11.6 Å². The van der Waals surface area contributed by atoms with Crippen LogP contribution in [0.5, 0.6) is 0 Å². The molecular formula is C16H15ClN2O2. The van der Waals surface area contributed by atoms with E-state index < -0.39 is 0 Å². The largest absolute Gasteiger partial charge is 0.323 e. The molecular weight excluding hydrogens is 288 g/mol. The van der Waals surface area contributed by atoms with Gasteiger partial charge < -0.3 is 10.6 Å². The molecule has 5 heteroatoms. The molecule has 0 spiro atoms. The van der Waals surface area contributed by atoms with Crippen molar-refractivity contribution in [1.29, 1.82) is 0 Å². The van der Waals surface area contributed by atoms with Gasteiger partial charge in [-0.3, -0.25) is 4.79 Å². The average molecular weight is 303 g/mol. The van der Waals surface area contributed by atoms with Gasteiger partial charge in [0.15, 0.2) is 5.78 Å². The highest BCUT2D eigenvalue weighted by molar-refractivity contribution is 6.31. The summed E-state index contributed by atoms with van der Waals surface area (Å²) < 4.78 is 0.